The van der Waals surface area contributed by atoms with E-state index in [9.17, 15) is 4.79 Å². The van der Waals surface area contributed by atoms with Gasteiger partial charge in [0.2, 0.25) is 0 Å². The quantitative estimate of drug-likeness (QED) is 0.170. The second-order valence-corrected chi connectivity index (χ2v) is 6.14. The van der Waals surface area contributed by atoms with E-state index >= 15 is 0 Å². The molecule has 0 aliphatic carbocycles. The summed E-state index contributed by atoms with van der Waals surface area (Å²) in [6.07, 6.45) is 0.780. The Labute approximate surface area is 189 Å². The van der Waals surface area contributed by atoms with Crippen LogP contribution in [0.25, 0.3) is 0 Å². The number of hydrogen-bond donors (Lipinski definition) is 0. The van der Waals surface area contributed by atoms with E-state index in [1.807, 2.05) is 13.8 Å². The van der Waals surface area contributed by atoms with E-state index in [0.29, 0.717) is 85.9 Å². The van der Waals surface area contributed by atoms with Crippen molar-refractivity contribution in [2.24, 2.45) is 5.92 Å². The topological polar surface area (TPSA) is 90.9 Å². The highest BCUT2D eigenvalue weighted by Gasteiger charge is 2.10. The minimum atomic E-state index is -0.177. The lowest BCUT2D eigenvalue weighted by Gasteiger charge is -2.10. The maximum absolute atomic E-state index is 11.4. The highest BCUT2D eigenvalue weighted by atomic mass is 16.6. The summed E-state index contributed by atoms with van der Waals surface area (Å²) in [7, 11) is 1.64. The molecular weight excluding hydrogens is 408 g/mol. The van der Waals surface area contributed by atoms with Crippen molar-refractivity contribution in [3.05, 3.63) is 0 Å². The third kappa shape index (κ3) is 27.2. The molecule has 0 heterocycles. The van der Waals surface area contributed by atoms with Crippen molar-refractivity contribution in [2.75, 3.05) is 99.6 Å². The van der Waals surface area contributed by atoms with Crippen molar-refractivity contribution in [3.63, 3.8) is 0 Å². The van der Waals surface area contributed by atoms with Gasteiger partial charge >= 0.3 is 5.97 Å². The standard InChI is InChI=1S/C20H40O9.2CH4/c1-4-19(2)20(21)29-18-17-28-16-15-27-14-13-26-12-11-25-10-9-24-8-7-23-6-5-22-3;;/h19H,4-18H2,1-3H3;2*1H4. The van der Waals surface area contributed by atoms with Gasteiger partial charge in [0.05, 0.1) is 91.8 Å². The second-order valence-electron chi connectivity index (χ2n) is 6.14. The largest absolute Gasteiger partial charge is 0.463 e. The number of ether oxygens (including phenoxy) is 8. The van der Waals surface area contributed by atoms with Gasteiger partial charge in [-0.1, -0.05) is 28.7 Å². The minimum absolute atomic E-state index is 0. The third-order valence-electron chi connectivity index (χ3n) is 3.78. The van der Waals surface area contributed by atoms with Crippen LogP contribution in [-0.4, -0.2) is 106 Å². The molecule has 0 aromatic carbocycles. The first kappa shape index (κ1) is 34.8. The van der Waals surface area contributed by atoms with Crippen molar-refractivity contribution in [2.45, 2.75) is 35.1 Å². The van der Waals surface area contributed by atoms with Gasteiger partial charge in [0.25, 0.3) is 0 Å². The molecule has 0 bridgehead atoms. The van der Waals surface area contributed by atoms with Crippen molar-refractivity contribution in [1.29, 1.82) is 0 Å². The van der Waals surface area contributed by atoms with Gasteiger partial charge < -0.3 is 37.9 Å². The summed E-state index contributed by atoms with van der Waals surface area (Å²) in [5, 5.41) is 0. The molecule has 0 N–H and O–H groups in total. The van der Waals surface area contributed by atoms with Crippen molar-refractivity contribution < 1.29 is 42.7 Å². The summed E-state index contributed by atoms with van der Waals surface area (Å²) in [4.78, 5) is 11.4. The first-order valence-corrected chi connectivity index (χ1v) is 10.3. The van der Waals surface area contributed by atoms with Crippen molar-refractivity contribution >= 4 is 5.97 Å². The Morgan fingerprint density at radius 2 is 0.871 bits per heavy atom. The molecular formula is C22H48O9. The molecule has 9 nitrogen and oxygen atoms in total. The van der Waals surface area contributed by atoms with Crippen LogP contribution < -0.4 is 0 Å². The molecule has 0 radical (unpaired) electrons. The Morgan fingerprint density at radius 1 is 0.581 bits per heavy atom. The fourth-order valence-electron chi connectivity index (χ4n) is 1.85. The SMILES string of the molecule is C.C.CCC(C)C(=O)OCCOCCOCCOCCOCCOCCOCCOC. The Kier molecular flexibility index (Phi) is 32.8. The van der Waals surface area contributed by atoms with Crippen molar-refractivity contribution in [1.82, 2.24) is 0 Å². The molecule has 0 saturated carbocycles. The lowest BCUT2D eigenvalue weighted by molar-refractivity contribution is -0.149. The van der Waals surface area contributed by atoms with Crippen LogP contribution in [0.5, 0.6) is 0 Å². The molecule has 0 aromatic heterocycles. The van der Waals surface area contributed by atoms with Crippen LogP contribution in [0.15, 0.2) is 0 Å². The number of carbonyl (C=O) groups excluding carboxylic acids is 1. The van der Waals surface area contributed by atoms with Gasteiger partial charge in [0.1, 0.15) is 6.61 Å². The molecule has 31 heavy (non-hydrogen) atoms. The maximum atomic E-state index is 11.4. The molecule has 0 rings (SSSR count). The lowest BCUT2D eigenvalue weighted by Crippen LogP contribution is -2.18. The molecule has 1 unspecified atom stereocenters. The van der Waals surface area contributed by atoms with Crippen LogP contribution >= 0.6 is 0 Å². The predicted octanol–water partition coefficient (Wildman–Crippen LogP) is 2.59. The van der Waals surface area contributed by atoms with Gasteiger partial charge in [-0.05, 0) is 6.42 Å². The average molecular weight is 457 g/mol. The second kappa shape index (κ2) is 29.2. The molecule has 0 fully saturated rings. The maximum Gasteiger partial charge on any atom is 0.308 e. The predicted molar refractivity (Wildman–Crippen MR) is 121 cm³/mol. The van der Waals surface area contributed by atoms with Gasteiger partial charge in [0.15, 0.2) is 0 Å². The van der Waals surface area contributed by atoms with Crippen LogP contribution in [0.4, 0.5) is 0 Å². The Hall–Kier alpha value is -0.810. The summed E-state index contributed by atoms with van der Waals surface area (Å²) in [6.45, 7) is 10.8. The lowest BCUT2D eigenvalue weighted by atomic mass is 10.1. The molecule has 0 aromatic rings. The van der Waals surface area contributed by atoms with Crippen LogP contribution in [0.1, 0.15) is 35.1 Å². The van der Waals surface area contributed by atoms with E-state index in [2.05, 4.69) is 0 Å². The molecule has 0 spiro atoms. The molecule has 0 amide bonds. The first-order chi connectivity index (χ1) is 14.2. The van der Waals surface area contributed by atoms with E-state index < -0.39 is 0 Å². The molecule has 0 saturated heterocycles. The van der Waals surface area contributed by atoms with Crippen LogP contribution in [-0.2, 0) is 42.7 Å². The van der Waals surface area contributed by atoms with E-state index in [1.54, 1.807) is 7.11 Å². The van der Waals surface area contributed by atoms with Gasteiger partial charge in [0, 0.05) is 7.11 Å². The van der Waals surface area contributed by atoms with E-state index in [1.165, 1.54) is 0 Å². The molecule has 1 atom stereocenters. The summed E-state index contributed by atoms with van der Waals surface area (Å²) in [6, 6.07) is 0. The van der Waals surface area contributed by atoms with E-state index in [-0.39, 0.29) is 33.3 Å². The molecule has 9 heteroatoms. The average Bonchev–Trinajstić information content (AvgIpc) is 2.74. The summed E-state index contributed by atoms with van der Waals surface area (Å²) in [5.74, 6) is -0.238. The number of carbonyl (C=O) groups is 1. The van der Waals surface area contributed by atoms with Crippen LogP contribution in [0, 0.1) is 5.92 Å². The smallest absolute Gasteiger partial charge is 0.308 e. The Morgan fingerprint density at radius 3 is 1.16 bits per heavy atom. The Balaban J connectivity index is -0.00000392. The minimum Gasteiger partial charge on any atom is -0.463 e. The summed E-state index contributed by atoms with van der Waals surface area (Å²) >= 11 is 0. The molecule has 190 valence electrons. The van der Waals surface area contributed by atoms with E-state index in [4.69, 9.17) is 37.9 Å². The van der Waals surface area contributed by atoms with Crippen LogP contribution in [0.2, 0.25) is 0 Å². The molecule has 0 aliphatic rings. The zero-order valence-corrected chi connectivity index (χ0v) is 18.4. The van der Waals surface area contributed by atoms with Gasteiger partial charge in [-0.15, -0.1) is 0 Å². The van der Waals surface area contributed by atoms with E-state index in [0.717, 1.165) is 6.42 Å². The van der Waals surface area contributed by atoms with Crippen molar-refractivity contribution in [3.8, 4) is 0 Å². The number of rotatable bonds is 23. The Bertz CT molecular complexity index is 343. The number of hydrogen-bond acceptors (Lipinski definition) is 9. The normalized spacial score (nSPS) is 11.5. The number of methoxy groups -OCH3 is 1. The number of esters is 1. The van der Waals surface area contributed by atoms with Gasteiger partial charge in [-0.25, -0.2) is 0 Å². The third-order valence-corrected chi connectivity index (χ3v) is 3.78. The highest BCUT2D eigenvalue weighted by Crippen LogP contribution is 2.02. The summed E-state index contributed by atoms with van der Waals surface area (Å²) in [5.41, 5.74) is 0. The fraction of sp³-hybridized carbons (Fsp3) is 0.955. The highest BCUT2D eigenvalue weighted by molar-refractivity contribution is 5.71. The summed E-state index contributed by atoms with van der Waals surface area (Å²) < 4.78 is 42.1. The van der Waals surface area contributed by atoms with Crippen LogP contribution in [0.3, 0.4) is 0 Å². The zero-order valence-electron chi connectivity index (χ0n) is 18.4. The van der Waals surface area contributed by atoms with Gasteiger partial charge in [-0.3, -0.25) is 4.79 Å². The monoisotopic (exact) mass is 456 g/mol. The van der Waals surface area contributed by atoms with Gasteiger partial charge in [-0.2, -0.15) is 0 Å². The molecule has 0 aliphatic heterocycles. The zero-order chi connectivity index (χ0) is 21.4. The first-order valence-electron chi connectivity index (χ1n) is 10.3. The fourth-order valence-corrected chi connectivity index (χ4v) is 1.85.